The molecule has 2 atom stereocenters. The molecule has 7 nitrogen and oxygen atoms in total. The van der Waals surface area contributed by atoms with Gasteiger partial charge >= 0.3 is 5.69 Å². The van der Waals surface area contributed by atoms with Crippen molar-refractivity contribution in [3.05, 3.63) is 33.9 Å². The summed E-state index contributed by atoms with van der Waals surface area (Å²) in [5, 5.41) is 15.7. The summed E-state index contributed by atoms with van der Waals surface area (Å²) in [5.74, 6) is -2.93. The molecule has 2 rings (SSSR count). The van der Waals surface area contributed by atoms with Gasteiger partial charge in [-0.3, -0.25) is 14.9 Å². The Morgan fingerprint density at radius 1 is 1.48 bits per heavy atom. The summed E-state index contributed by atoms with van der Waals surface area (Å²) in [6.45, 7) is 0.473. The van der Waals surface area contributed by atoms with Crippen molar-refractivity contribution in [3.8, 4) is 0 Å². The number of rotatable bonds is 4. The highest BCUT2D eigenvalue weighted by atomic mass is 19.1. The van der Waals surface area contributed by atoms with E-state index in [1.165, 1.54) is 7.11 Å². The van der Waals surface area contributed by atoms with Crippen LogP contribution in [0.4, 0.5) is 20.2 Å². The normalized spacial score (nSPS) is 21.3. The molecule has 1 aliphatic heterocycles. The average Bonchev–Trinajstić information content (AvgIpc) is 2.90. The van der Waals surface area contributed by atoms with Crippen LogP contribution in [0.2, 0.25) is 0 Å². The molecule has 0 radical (unpaired) electrons. The van der Waals surface area contributed by atoms with Gasteiger partial charge in [-0.05, 0) is 6.42 Å². The molecule has 0 aliphatic carbocycles. The zero-order valence-electron chi connectivity index (χ0n) is 11.1. The van der Waals surface area contributed by atoms with Crippen LogP contribution in [0.5, 0.6) is 0 Å². The second kappa shape index (κ2) is 6.10. The van der Waals surface area contributed by atoms with Gasteiger partial charge < -0.3 is 15.4 Å². The van der Waals surface area contributed by atoms with Crippen molar-refractivity contribution < 1.29 is 23.2 Å². The number of carbonyl (C=O) groups is 1. The van der Waals surface area contributed by atoms with E-state index < -0.39 is 39.9 Å². The molecule has 2 unspecified atom stereocenters. The first-order valence-electron chi connectivity index (χ1n) is 6.13. The summed E-state index contributed by atoms with van der Waals surface area (Å²) in [6, 6.07) is 0.428. The number of halogens is 2. The average molecular weight is 301 g/mol. The number of nitro benzene ring substituents is 1. The van der Waals surface area contributed by atoms with Crippen LogP contribution < -0.4 is 10.6 Å². The van der Waals surface area contributed by atoms with E-state index in [1.54, 1.807) is 0 Å². The maximum atomic E-state index is 13.6. The predicted octanol–water partition coefficient (Wildman–Crippen LogP) is 1.19. The Labute approximate surface area is 118 Å². The summed E-state index contributed by atoms with van der Waals surface area (Å²) in [6.07, 6.45) is 0.265. The van der Waals surface area contributed by atoms with Crippen LogP contribution in [0, 0.1) is 21.7 Å². The van der Waals surface area contributed by atoms with Crippen molar-refractivity contribution in [2.75, 3.05) is 19.0 Å². The zero-order valence-corrected chi connectivity index (χ0v) is 11.1. The first-order valence-corrected chi connectivity index (χ1v) is 6.13. The minimum Gasteiger partial charge on any atom is -0.380 e. The topological polar surface area (TPSA) is 93.5 Å². The van der Waals surface area contributed by atoms with Crippen molar-refractivity contribution in [3.63, 3.8) is 0 Å². The molecule has 114 valence electrons. The number of amides is 1. The van der Waals surface area contributed by atoms with Gasteiger partial charge in [0.2, 0.25) is 11.7 Å². The molecule has 21 heavy (non-hydrogen) atoms. The first-order chi connectivity index (χ1) is 9.92. The molecule has 1 aliphatic rings. The van der Waals surface area contributed by atoms with E-state index in [0.29, 0.717) is 25.1 Å². The summed E-state index contributed by atoms with van der Waals surface area (Å²) in [4.78, 5) is 21.6. The summed E-state index contributed by atoms with van der Waals surface area (Å²) >= 11 is 0. The van der Waals surface area contributed by atoms with Crippen molar-refractivity contribution in [1.82, 2.24) is 5.32 Å². The monoisotopic (exact) mass is 301 g/mol. The minimum absolute atomic E-state index is 0.131. The SMILES string of the molecule is COC1CNC(C(=O)Nc2cc([N+](=O)[O-])c(F)cc2F)C1. The lowest BCUT2D eigenvalue weighted by atomic mass is 10.2. The van der Waals surface area contributed by atoms with E-state index in [-0.39, 0.29) is 6.10 Å². The van der Waals surface area contributed by atoms with Gasteiger partial charge in [-0.2, -0.15) is 4.39 Å². The second-order valence-electron chi connectivity index (χ2n) is 4.58. The van der Waals surface area contributed by atoms with Gasteiger partial charge in [0.05, 0.1) is 22.8 Å². The smallest absolute Gasteiger partial charge is 0.307 e. The number of anilines is 1. The van der Waals surface area contributed by atoms with Crippen LogP contribution in [0.3, 0.4) is 0 Å². The molecule has 0 saturated carbocycles. The number of nitro groups is 1. The third-order valence-corrected chi connectivity index (χ3v) is 3.23. The van der Waals surface area contributed by atoms with Gasteiger partial charge in [-0.15, -0.1) is 0 Å². The van der Waals surface area contributed by atoms with Gasteiger partial charge in [0, 0.05) is 25.8 Å². The fourth-order valence-corrected chi connectivity index (χ4v) is 2.08. The van der Waals surface area contributed by atoms with Gasteiger partial charge in [0.15, 0.2) is 0 Å². The quantitative estimate of drug-likeness (QED) is 0.643. The molecule has 1 amide bonds. The number of ether oxygens (including phenoxy) is 1. The predicted molar refractivity (Wildman–Crippen MR) is 68.8 cm³/mol. The standard InChI is InChI=1S/C12H13F2N3O4/c1-21-6-2-10(15-5-6)12(18)16-9-4-11(17(19)20)8(14)3-7(9)13/h3-4,6,10,15H,2,5H2,1H3,(H,16,18). The third kappa shape index (κ3) is 3.31. The molecule has 1 saturated heterocycles. The van der Waals surface area contributed by atoms with E-state index in [9.17, 15) is 23.7 Å². The Kier molecular flexibility index (Phi) is 4.43. The van der Waals surface area contributed by atoms with Gasteiger partial charge in [-0.1, -0.05) is 0 Å². The Balaban J connectivity index is 2.14. The highest BCUT2D eigenvalue weighted by molar-refractivity contribution is 5.95. The molecule has 1 heterocycles. The third-order valence-electron chi connectivity index (χ3n) is 3.23. The van der Waals surface area contributed by atoms with E-state index in [1.807, 2.05) is 0 Å². The highest BCUT2D eigenvalue weighted by Crippen LogP contribution is 2.25. The molecule has 0 bridgehead atoms. The fourth-order valence-electron chi connectivity index (χ4n) is 2.08. The summed E-state index contributed by atoms with van der Waals surface area (Å²) in [5.41, 5.74) is -1.34. The molecule has 1 aromatic carbocycles. The molecule has 2 N–H and O–H groups in total. The Morgan fingerprint density at radius 3 is 2.76 bits per heavy atom. The lowest BCUT2D eigenvalue weighted by Gasteiger charge is -2.12. The Hall–Kier alpha value is -2.13. The fraction of sp³-hybridized carbons (Fsp3) is 0.417. The number of hydrogen-bond donors (Lipinski definition) is 2. The molecular formula is C12H13F2N3O4. The van der Waals surface area contributed by atoms with E-state index in [2.05, 4.69) is 10.6 Å². The maximum absolute atomic E-state index is 13.6. The zero-order chi connectivity index (χ0) is 15.6. The molecular weight excluding hydrogens is 288 g/mol. The number of nitrogens with one attached hydrogen (secondary N) is 2. The summed E-state index contributed by atoms with van der Waals surface area (Å²) in [7, 11) is 1.51. The van der Waals surface area contributed by atoms with Crippen LogP contribution in [0.25, 0.3) is 0 Å². The van der Waals surface area contributed by atoms with E-state index in [0.717, 1.165) is 0 Å². The number of nitrogens with zero attached hydrogens (tertiary/aromatic N) is 1. The van der Waals surface area contributed by atoms with Gasteiger partial charge in [-0.25, -0.2) is 4.39 Å². The Bertz CT molecular complexity index is 582. The lowest BCUT2D eigenvalue weighted by Crippen LogP contribution is -2.35. The van der Waals surface area contributed by atoms with Crippen LogP contribution >= 0.6 is 0 Å². The largest absolute Gasteiger partial charge is 0.380 e. The molecule has 1 fully saturated rings. The number of methoxy groups -OCH3 is 1. The molecule has 9 heteroatoms. The maximum Gasteiger partial charge on any atom is 0.307 e. The van der Waals surface area contributed by atoms with Crippen molar-refractivity contribution in [1.29, 1.82) is 0 Å². The van der Waals surface area contributed by atoms with Crippen LogP contribution in [-0.4, -0.2) is 36.6 Å². The van der Waals surface area contributed by atoms with Crippen molar-refractivity contribution in [2.45, 2.75) is 18.6 Å². The Morgan fingerprint density at radius 2 is 2.19 bits per heavy atom. The minimum atomic E-state index is -1.30. The first kappa shape index (κ1) is 15.3. The lowest BCUT2D eigenvalue weighted by molar-refractivity contribution is -0.387. The molecule has 0 spiro atoms. The number of benzene rings is 1. The molecule has 1 aromatic rings. The van der Waals surface area contributed by atoms with Gasteiger partial charge in [0.1, 0.15) is 5.82 Å². The number of hydrogen-bond acceptors (Lipinski definition) is 5. The van der Waals surface area contributed by atoms with Crippen LogP contribution in [-0.2, 0) is 9.53 Å². The number of carbonyl (C=O) groups excluding carboxylic acids is 1. The highest BCUT2D eigenvalue weighted by Gasteiger charge is 2.30. The van der Waals surface area contributed by atoms with E-state index >= 15 is 0 Å². The van der Waals surface area contributed by atoms with Crippen molar-refractivity contribution in [2.24, 2.45) is 0 Å². The van der Waals surface area contributed by atoms with Crippen molar-refractivity contribution >= 4 is 17.3 Å². The van der Waals surface area contributed by atoms with E-state index in [4.69, 9.17) is 4.74 Å². The van der Waals surface area contributed by atoms with Gasteiger partial charge in [0.25, 0.3) is 0 Å². The summed E-state index contributed by atoms with van der Waals surface area (Å²) < 4.78 is 31.8. The molecule has 0 aromatic heterocycles. The second-order valence-corrected chi connectivity index (χ2v) is 4.58. The van der Waals surface area contributed by atoms with Crippen LogP contribution in [0.15, 0.2) is 12.1 Å². The van der Waals surface area contributed by atoms with Crippen LogP contribution in [0.1, 0.15) is 6.42 Å².